The molecule has 4 rings (SSSR count). The minimum Gasteiger partial charge on any atom is -0.380 e. The van der Waals surface area contributed by atoms with E-state index >= 15 is 0 Å². The Hall–Kier alpha value is -0.910. The fourth-order valence-electron chi connectivity index (χ4n) is 4.47. The average molecular weight is 334 g/mol. The molecule has 0 bridgehead atoms. The Morgan fingerprint density at radius 3 is 2.91 bits per heavy atom. The predicted octanol–water partition coefficient (Wildman–Crippen LogP) is 2.74. The monoisotopic (exact) mass is 334 g/mol. The molecule has 5 heteroatoms. The number of amides is 1. The van der Waals surface area contributed by atoms with Crippen LogP contribution in [0.1, 0.15) is 38.2 Å². The SMILES string of the molecule is CC(=O)N(Cc1ccsc1)C1CC12CCN(C1CCOC1)CC2. The van der Waals surface area contributed by atoms with Crippen LogP contribution in [0.25, 0.3) is 0 Å². The molecule has 3 fully saturated rings. The minimum absolute atomic E-state index is 0.227. The van der Waals surface area contributed by atoms with E-state index in [1.807, 2.05) is 0 Å². The van der Waals surface area contributed by atoms with E-state index in [4.69, 9.17) is 4.74 Å². The van der Waals surface area contributed by atoms with Crippen molar-refractivity contribution in [2.45, 2.75) is 51.2 Å². The molecule has 2 aliphatic heterocycles. The minimum atomic E-state index is 0.227. The summed E-state index contributed by atoms with van der Waals surface area (Å²) >= 11 is 1.71. The van der Waals surface area contributed by atoms with Crippen molar-refractivity contribution in [1.82, 2.24) is 9.80 Å². The van der Waals surface area contributed by atoms with Gasteiger partial charge in [0.1, 0.15) is 0 Å². The zero-order valence-corrected chi connectivity index (χ0v) is 14.7. The summed E-state index contributed by atoms with van der Waals surface area (Å²) in [5.41, 5.74) is 1.67. The van der Waals surface area contributed by atoms with Crippen molar-refractivity contribution in [3.05, 3.63) is 22.4 Å². The number of likely N-dealkylation sites (tertiary alicyclic amines) is 1. The second-order valence-electron chi connectivity index (χ2n) is 7.41. The molecule has 1 amide bonds. The number of carbonyl (C=O) groups is 1. The number of carbonyl (C=O) groups excluding carboxylic acids is 1. The molecule has 1 aromatic rings. The maximum atomic E-state index is 12.2. The van der Waals surface area contributed by atoms with E-state index in [2.05, 4.69) is 26.6 Å². The third kappa shape index (κ3) is 3.06. The van der Waals surface area contributed by atoms with Gasteiger partial charge >= 0.3 is 0 Å². The van der Waals surface area contributed by atoms with Crippen LogP contribution in [-0.4, -0.2) is 54.1 Å². The highest BCUT2D eigenvalue weighted by atomic mass is 32.1. The van der Waals surface area contributed by atoms with E-state index in [0.717, 1.165) is 19.8 Å². The molecule has 0 radical (unpaired) electrons. The lowest BCUT2D eigenvalue weighted by Crippen LogP contribution is -2.44. The van der Waals surface area contributed by atoms with Gasteiger partial charge in [0.2, 0.25) is 5.91 Å². The Labute approximate surface area is 142 Å². The van der Waals surface area contributed by atoms with Crippen LogP contribution < -0.4 is 0 Å². The number of ether oxygens (including phenoxy) is 1. The fourth-order valence-corrected chi connectivity index (χ4v) is 5.13. The number of thiophene rings is 1. The Morgan fingerprint density at radius 2 is 2.30 bits per heavy atom. The largest absolute Gasteiger partial charge is 0.380 e. The van der Waals surface area contributed by atoms with Crippen LogP contribution in [0.2, 0.25) is 0 Å². The lowest BCUT2D eigenvalue weighted by molar-refractivity contribution is -0.130. The molecule has 4 nitrogen and oxygen atoms in total. The van der Waals surface area contributed by atoms with Gasteiger partial charge in [-0.1, -0.05) is 0 Å². The summed E-state index contributed by atoms with van der Waals surface area (Å²) in [6, 6.07) is 3.24. The Balaban J connectivity index is 1.37. The summed E-state index contributed by atoms with van der Waals surface area (Å²) in [4.78, 5) is 16.9. The smallest absolute Gasteiger partial charge is 0.220 e. The zero-order chi connectivity index (χ0) is 15.9. The van der Waals surface area contributed by atoms with Crippen molar-refractivity contribution in [2.24, 2.45) is 5.41 Å². The number of hydrogen-bond acceptors (Lipinski definition) is 4. The van der Waals surface area contributed by atoms with Gasteiger partial charge in [0.05, 0.1) is 6.61 Å². The third-order valence-electron chi connectivity index (χ3n) is 6.08. The molecular weight excluding hydrogens is 308 g/mol. The van der Waals surface area contributed by atoms with Gasteiger partial charge in [-0.25, -0.2) is 0 Å². The van der Waals surface area contributed by atoms with E-state index in [-0.39, 0.29) is 5.91 Å². The molecule has 2 atom stereocenters. The molecule has 0 N–H and O–H groups in total. The first kappa shape index (κ1) is 15.6. The molecule has 23 heavy (non-hydrogen) atoms. The summed E-state index contributed by atoms with van der Waals surface area (Å²) in [7, 11) is 0. The maximum absolute atomic E-state index is 12.2. The lowest BCUT2D eigenvalue weighted by Gasteiger charge is -2.37. The van der Waals surface area contributed by atoms with Gasteiger partial charge in [-0.15, -0.1) is 0 Å². The Kier molecular flexibility index (Phi) is 4.20. The highest BCUT2D eigenvalue weighted by Crippen LogP contribution is 2.57. The summed E-state index contributed by atoms with van der Waals surface area (Å²) in [5, 5.41) is 4.26. The molecule has 1 aromatic heterocycles. The Bertz CT molecular complexity index is 545. The van der Waals surface area contributed by atoms with E-state index in [9.17, 15) is 4.79 Å². The van der Waals surface area contributed by atoms with Crippen LogP contribution in [0.3, 0.4) is 0 Å². The van der Waals surface area contributed by atoms with E-state index < -0.39 is 0 Å². The normalized spacial score (nSPS) is 29.8. The van der Waals surface area contributed by atoms with Crippen LogP contribution >= 0.6 is 11.3 Å². The van der Waals surface area contributed by atoms with Crippen LogP contribution in [0.4, 0.5) is 0 Å². The van der Waals surface area contributed by atoms with Gasteiger partial charge in [0.25, 0.3) is 0 Å². The first-order valence-electron chi connectivity index (χ1n) is 8.78. The van der Waals surface area contributed by atoms with Gasteiger partial charge in [0.15, 0.2) is 0 Å². The van der Waals surface area contributed by atoms with E-state index in [0.29, 0.717) is 17.5 Å². The highest BCUT2D eigenvalue weighted by Gasteiger charge is 2.58. The topological polar surface area (TPSA) is 32.8 Å². The molecule has 126 valence electrons. The van der Waals surface area contributed by atoms with Crippen LogP contribution in [0, 0.1) is 5.41 Å². The van der Waals surface area contributed by atoms with Gasteiger partial charge in [0, 0.05) is 32.2 Å². The predicted molar refractivity (Wildman–Crippen MR) is 91.4 cm³/mol. The molecule has 1 spiro atoms. The molecular formula is C18H26N2O2S. The van der Waals surface area contributed by atoms with Crippen LogP contribution in [0.15, 0.2) is 16.8 Å². The first-order valence-corrected chi connectivity index (χ1v) is 9.72. The molecule has 1 aliphatic carbocycles. The van der Waals surface area contributed by atoms with Crippen LogP contribution in [0.5, 0.6) is 0 Å². The molecule has 2 saturated heterocycles. The number of piperidine rings is 1. The molecule has 3 heterocycles. The summed E-state index contributed by atoms with van der Waals surface area (Å²) in [6.45, 7) is 6.69. The van der Waals surface area contributed by atoms with E-state index in [1.165, 1.54) is 44.3 Å². The lowest BCUT2D eigenvalue weighted by atomic mass is 9.91. The summed E-state index contributed by atoms with van der Waals surface area (Å²) in [5.74, 6) is 0.227. The van der Waals surface area contributed by atoms with Gasteiger partial charge in [-0.3, -0.25) is 9.69 Å². The third-order valence-corrected chi connectivity index (χ3v) is 6.81. The van der Waals surface area contributed by atoms with Crippen molar-refractivity contribution in [2.75, 3.05) is 26.3 Å². The van der Waals surface area contributed by atoms with Crippen molar-refractivity contribution in [1.29, 1.82) is 0 Å². The van der Waals surface area contributed by atoms with Gasteiger partial charge < -0.3 is 9.64 Å². The highest BCUT2D eigenvalue weighted by molar-refractivity contribution is 7.07. The van der Waals surface area contributed by atoms with Crippen molar-refractivity contribution >= 4 is 17.2 Å². The molecule has 1 saturated carbocycles. The van der Waals surface area contributed by atoms with E-state index in [1.54, 1.807) is 18.3 Å². The fraction of sp³-hybridized carbons (Fsp3) is 0.722. The summed E-state index contributed by atoms with van der Waals surface area (Å²) < 4.78 is 5.53. The van der Waals surface area contributed by atoms with Crippen molar-refractivity contribution in [3.63, 3.8) is 0 Å². The number of hydrogen-bond donors (Lipinski definition) is 0. The van der Waals surface area contributed by atoms with Crippen LogP contribution in [-0.2, 0) is 16.1 Å². The summed E-state index contributed by atoms with van der Waals surface area (Å²) in [6.07, 6.45) is 4.86. The van der Waals surface area contributed by atoms with Gasteiger partial charge in [-0.2, -0.15) is 11.3 Å². The molecule has 2 unspecified atom stereocenters. The van der Waals surface area contributed by atoms with Crippen molar-refractivity contribution < 1.29 is 9.53 Å². The standard InChI is InChI=1S/C18H26N2O2S/c1-14(21)20(11-15-3-9-23-13-15)17-10-18(17)4-6-19(7-5-18)16-2-8-22-12-16/h3,9,13,16-17H,2,4-8,10-12H2,1H3. The number of rotatable bonds is 4. The first-order chi connectivity index (χ1) is 11.2. The molecule has 0 aromatic carbocycles. The molecule has 3 aliphatic rings. The average Bonchev–Trinajstić information content (AvgIpc) is 2.99. The van der Waals surface area contributed by atoms with Crippen molar-refractivity contribution in [3.8, 4) is 0 Å². The zero-order valence-electron chi connectivity index (χ0n) is 13.9. The Morgan fingerprint density at radius 1 is 1.48 bits per heavy atom. The quantitative estimate of drug-likeness (QED) is 0.849. The second kappa shape index (κ2) is 6.19. The maximum Gasteiger partial charge on any atom is 0.220 e. The van der Waals surface area contributed by atoms with Gasteiger partial charge in [-0.05, 0) is 66.6 Å². The number of nitrogens with zero attached hydrogens (tertiary/aromatic N) is 2. The second-order valence-corrected chi connectivity index (χ2v) is 8.19.